The molecule has 0 bridgehead atoms. The van der Waals surface area contributed by atoms with Crippen molar-refractivity contribution in [3.8, 4) is 0 Å². The van der Waals surface area contributed by atoms with Gasteiger partial charge in [0.15, 0.2) is 0 Å². The first-order valence-electron chi connectivity index (χ1n) is 7.71. The zero-order valence-corrected chi connectivity index (χ0v) is 12.5. The number of aliphatic imine (C=N–C) groups is 1. The third-order valence-corrected chi connectivity index (χ3v) is 4.11. The first kappa shape index (κ1) is 13.9. The van der Waals surface area contributed by atoms with E-state index in [2.05, 4.69) is 32.2 Å². The number of nitrogens with zero attached hydrogens (tertiary/aromatic N) is 3. The molecule has 3 rings (SSSR count). The molecule has 1 aliphatic rings. The number of amidine groups is 1. The standard InChI is InChI=1S/C17H22N4/c1-18-17(14-8-4-2-5-9-14)20-16-12-13-19-21(16)15-10-6-3-7-11-15/h2,4-5,8-9,12-13,15H,3,6-7,10-11H2,1H3,(H,18,20). The van der Waals surface area contributed by atoms with Crippen molar-refractivity contribution in [1.29, 1.82) is 0 Å². The molecule has 0 unspecified atom stereocenters. The summed E-state index contributed by atoms with van der Waals surface area (Å²) in [4.78, 5) is 4.38. The summed E-state index contributed by atoms with van der Waals surface area (Å²) in [6, 6.07) is 12.8. The van der Waals surface area contributed by atoms with Crippen LogP contribution in [0.5, 0.6) is 0 Å². The molecule has 1 aliphatic carbocycles. The van der Waals surface area contributed by atoms with Crippen LogP contribution in [0.4, 0.5) is 5.82 Å². The van der Waals surface area contributed by atoms with Crippen molar-refractivity contribution in [3.05, 3.63) is 48.2 Å². The molecular weight excluding hydrogens is 260 g/mol. The van der Waals surface area contributed by atoms with Gasteiger partial charge in [-0.05, 0) is 12.8 Å². The van der Waals surface area contributed by atoms with Crippen LogP contribution in [-0.2, 0) is 0 Å². The van der Waals surface area contributed by atoms with Crippen LogP contribution in [0.15, 0.2) is 47.6 Å². The summed E-state index contributed by atoms with van der Waals surface area (Å²) < 4.78 is 2.13. The normalized spacial score (nSPS) is 16.9. The minimum atomic E-state index is 0.519. The van der Waals surface area contributed by atoms with Crippen molar-refractivity contribution >= 4 is 11.7 Å². The van der Waals surface area contributed by atoms with Gasteiger partial charge in [0.2, 0.25) is 0 Å². The van der Waals surface area contributed by atoms with Gasteiger partial charge in [-0.15, -0.1) is 0 Å². The van der Waals surface area contributed by atoms with Crippen LogP contribution in [0.2, 0.25) is 0 Å². The molecular formula is C17H22N4. The molecule has 1 heterocycles. The minimum Gasteiger partial charge on any atom is -0.325 e. The average molecular weight is 282 g/mol. The van der Waals surface area contributed by atoms with Crippen LogP contribution in [0.3, 0.4) is 0 Å². The molecule has 0 atom stereocenters. The highest BCUT2D eigenvalue weighted by molar-refractivity contribution is 6.07. The number of hydrogen-bond acceptors (Lipinski definition) is 2. The largest absolute Gasteiger partial charge is 0.325 e. The van der Waals surface area contributed by atoms with E-state index in [9.17, 15) is 0 Å². The Balaban J connectivity index is 1.80. The lowest BCUT2D eigenvalue weighted by molar-refractivity contribution is 0.333. The number of aromatic nitrogens is 2. The van der Waals surface area contributed by atoms with Crippen molar-refractivity contribution in [3.63, 3.8) is 0 Å². The van der Waals surface area contributed by atoms with E-state index in [1.807, 2.05) is 37.5 Å². The average Bonchev–Trinajstić information content (AvgIpc) is 3.02. The fourth-order valence-electron chi connectivity index (χ4n) is 3.00. The van der Waals surface area contributed by atoms with E-state index in [0.717, 1.165) is 17.2 Å². The summed E-state index contributed by atoms with van der Waals surface area (Å²) in [6.07, 6.45) is 8.27. The lowest BCUT2D eigenvalue weighted by Gasteiger charge is -2.24. The van der Waals surface area contributed by atoms with Crippen molar-refractivity contribution < 1.29 is 0 Å². The lowest BCUT2D eigenvalue weighted by Crippen LogP contribution is -2.20. The van der Waals surface area contributed by atoms with Crippen LogP contribution >= 0.6 is 0 Å². The zero-order chi connectivity index (χ0) is 14.5. The van der Waals surface area contributed by atoms with Crippen molar-refractivity contribution in [2.75, 3.05) is 12.4 Å². The summed E-state index contributed by atoms with van der Waals surface area (Å²) in [6.45, 7) is 0. The third kappa shape index (κ3) is 3.15. The second-order valence-corrected chi connectivity index (χ2v) is 5.52. The van der Waals surface area contributed by atoms with E-state index in [0.29, 0.717) is 6.04 Å². The van der Waals surface area contributed by atoms with Gasteiger partial charge in [-0.2, -0.15) is 5.10 Å². The fraction of sp³-hybridized carbons (Fsp3) is 0.412. The van der Waals surface area contributed by atoms with Crippen LogP contribution in [0, 0.1) is 0 Å². The van der Waals surface area contributed by atoms with Crippen LogP contribution in [-0.4, -0.2) is 22.7 Å². The van der Waals surface area contributed by atoms with Crippen LogP contribution in [0.1, 0.15) is 43.7 Å². The van der Waals surface area contributed by atoms with E-state index < -0.39 is 0 Å². The number of rotatable bonds is 3. The van der Waals surface area contributed by atoms with Crippen molar-refractivity contribution in [2.24, 2.45) is 4.99 Å². The molecule has 0 radical (unpaired) electrons. The molecule has 1 N–H and O–H groups in total. The minimum absolute atomic E-state index is 0.519. The highest BCUT2D eigenvalue weighted by atomic mass is 15.3. The first-order chi connectivity index (χ1) is 10.4. The Morgan fingerprint density at radius 2 is 1.90 bits per heavy atom. The molecule has 2 aromatic rings. The maximum atomic E-state index is 4.52. The number of benzene rings is 1. The number of anilines is 1. The fourth-order valence-corrected chi connectivity index (χ4v) is 3.00. The Bertz CT molecular complexity index is 594. The van der Waals surface area contributed by atoms with Gasteiger partial charge in [-0.25, -0.2) is 4.68 Å². The number of hydrogen-bond donors (Lipinski definition) is 1. The second kappa shape index (κ2) is 6.57. The van der Waals surface area contributed by atoms with E-state index in [1.165, 1.54) is 32.1 Å². The molecule has 4 heteroatoms. The lowest BCUT2D eigenvalue weighted by atomic mass is 9.96. The van der Waals surface area contributed by atoms with E-state index in [1.54, 1.807) is 0 Å². The highest BCUT2D eigenvalue weighted by Crippen LogP contribution is 2.30. The molecule has 0 spiro atoms. The monoisotopic (exact) mass is 282 g/mol. The third-order valence-electron chi connectivity index (χ3n) is 4.11. The van der Waals surface area contributed by atoms with Crippen molar-refractivity contribution in [2.45, 2.75) is 38.1 Å². The van der Waals surface area contributed by atoms with E-state index in [-0.39, 0.29) is 0 Å². The van der Waals surface area contributed by atoms with Crippen LogP contribution < -0.4 is 5.32 Å². The first-order valence-corrected chi connectivity index (χ1v) is 7.71. The van der Waals surface area contributed by atoms with Gasteiger partial charge < -0.3 is 5.32 Å². The molecule has 4 nitrogen and oxygen atoms in total. The Morgan fingerprint density at radius 1 is 1.14 bits per heavy atom. The smallest absolute Gasteiger partial charge is 0.133 e. The molecule has 0 saturated heterocycles. The summed E-state index contributed by atoms with van der Waals surface area (Å²) in [7, 11) is 1.82. The van der Waals surface area contributed by atoms with Gasteiger partial charge in [0.05, 0.1) is 12.2 Å². The summed E-state index contributed by atoms with van der Waals surface area (Å²) in [5, 5.41) is 7.96. The zero-order valence-electron chi connectivity index (χ0n) is 12.5. The van der Waals surface area contributed by atoms with Gasteiger partial charge >= 0.3 is 0 Å². The SMILES string of the molecule is CN=C(Nc1ccnn1C1CCCCC1)c1ccccc1. The molecule has 1 aromatic carbocycles. The predicted octanol–water partition coefficient (Wildman–Crippen LogP) is 3.88. The highest BCUT2D eigenvalue weighted by Gasteiger charge is 2.18. The Kier molecular flexibility index (Phi) is 4.34. The molecule has 110 valence electrons. The second-order valence-electron chi connectivity index (χ2n) is 5.52. The molecule has 0 aliphatic heterocycles. The maximum Gasteiger partial charge on any atom is 0.133 e. The molecule has 1 fully saturated rings. The quantitative estimate of drug-likeness (QED) is 0.685. The summed E-state index contributed by atoms with van der Waals surface area (Å²) in [5.41, 5.74) is 1.09. The molecule has 1 saturated carbocycles. The molecule has 21 heavy (non-hydrogen) atoms. The van der Waals surface area contributed by atoms with E-state index >= 15 is 0 Å². The maximum absolute atomic E-state index is 4.52. The molecule has 1 aromatic heterocycles. The Labute approximate surface area is 125 Å². The van der Waals surface area contributed by atoms with E-state index in [4.69, 9.17) is 0 Å². The number of nitrogens with one attached hydrogen (secondary N) is 1. The van der Waals surface area contributed by atoms with Crippen molar-refractivity contribution in [1.82, 2.24) is 9.78 Å². The van der Waals surface area contributed by atoms with Gasteiger partial charge in [-0.1, -0.05) is 49.6 Å². The summed E-state index contributed by atoms with van der Waals surface area (Å²) >= 11 is 0. The van der Waals surface area contributed by atoms with Gasteiger partial charge in [-0.3, -0.25) is 4.99 Å². The summed E-state index contributed by atoms with van der Waals surface area (Å²) in [5.74, 6) is 1.92. The Morgan fingerprint density at radius 3 is 2.62 bits per heavy atom. The van der Waals surface area contributed by atoms with Gasteiger partial charge in [0.25, 0.3) is 0 Å². The topological polar surface area (TPSA) is 42.2 Å². The van der Waals surface area contributed by atoms with Gasteiger partial charge in [0.1, 0.15) is 11.7 Å². The van der Waals surface area contributed by atoms with Crippen LogP contribution in [0.25, 0.3) is 0 Å². The molecule has 0 amide bonds. The Hall–Kier alpha value is -2.10. The predicted molar refractivity (Wildman–Crippen MR) is 86.9 cm³/mol. The van der Waals surface area contributed by atoms with Gasteiger partial charge in [0, 0.05) is 18.7 Å².